The summed E-state index contributed by atoms with van der Waals surface area (Å²) in [5.41, 5.74) is 2.71. The molecule has 0 saturated carbocycles. The number of benzene rings is 2. The van der Waals surface area contributed by atoms with Gasteiger partial charge in [0.2, 0.25) is 11.8 Å². The maximum Gasteiger partial charge on any atom is 0.243 e. The minimum atomic E-state index is -1.38. The molecule has 1 saturated heterocycles. The summed E-state index contributed by atoms with van der Waals surface area (Å²) in [5.74, 6) is 4.23. The zero-order valence-corrected chi connectivity index (χ0v) is 22.8. The van der Waals surface area contributed by atoms with Crippen molar-refractivity contribution in [2.45, 2.75) is 38.6 Å². The van der Waals surface area contributed by atoms with Gasteiger partial charge in [-0.1, -0.05) is 35.6 Å². The summed E-state index contributed by atoms with van der Waals surface area (Å²) in [4.78, 5) is 43.9. The highest BCUT2D eigenvalue weighted by Gasteiger charge is 2.39. The monoisotopic (exact) mass is 574 g/mol. The molecule has 1 N–H and O–H groups in total. The molecule has 5 rings (SSSR count). The summed E-state index contributed by atoms with van der Waals surface area (Å²) in [5, 5.41) is 3.15. The van der Waals surface area contributed by atoms with E-state index in [1.165, 1.54) is 24.0 Å². The second-order valence-electron chi connectivity index (χ2n) is 9.77. The Bertz CT molecular complexity index is 1710. The fraction of sp³-hybridized carbons (Fsp3) is 0.226. The van der Waals surface area contributed by atoms with Crippen LogP contribution in [0, 0.1) is 17.7 Å². The van der Waals surface area contributed by atoms with E-state index in [9.17, 15) is 23.2 Å². The van der Waals surface area contributed by atoms with E-state index < -0.39 is 29.8 Å². The van der Waals surface area contributed by atoms with Crippen molar-refractivity contribution in [3.05, 3.63) is 100 Å². The first kappa shape index (κ1) is 28.0. The Labute approximate surface area is 240 Å². The number of amides is 2. The number of hydrogen-bond donors (Lipinski definition) is 1. The van der Waals surface area contributed by atoms with Crippen LogP contribution in [0.1, 0.15) is 40.4 Å². The van der Waals surface area contributed by atoms with Crippen LogP contribution in [0.2, 0.25) is 5.02 Å². The summed E-state index contributed by atoms with van der Waals surface area (Å²) >= 11 is 5.81. The molecular weight excluding hydrogens is 550 g/mol. The Morgan fingerprint density at radius 1 is 1.10 bits per heavy atom. The molecule has 3 heterocycles. The normalized spacial score (nSPS) is 16.3. The number of alkyl halides is 1. The molecule has 0 aliphatic carbocycles. The van der Waals surface area contributed by atoms with Crippen LogP contribution in [0.4, 0.5) is 8.78 Å². The molecule has 7 nitrogen and oxygen atoms in total. The van der Waals surface area contributed by atoms with E-state index in [-0.39, 0.29) is 42.4 Å². The summed E-state index contributed by atoms with van der Waals surface area (Å²) < 4.78 is 30.3. The smallest absolute Gasteiger partial charge is 0.243 e. The van der Waals surface area contributed by atoms with Gasteiger partial charge in [0.15, 0.2) is 5.78 Å². The number of ketones is 1. The largest absolute Gasteiger partial charge is 0.350 e. The molecular formula is C31H25ClF2N4O3. The molecule has 2 aromatic carbocycles. The third kappa shape index (κ3) is 6.13. The standard InChI is InChI=1S/C31H25ClF2N4O3/c1-19(39)25-17-37(27-8-7-21(13-24(25)27)6-5-20-9-11-35-12-10-20)18-29(40)38-16-23(33)14-28(38)31(41)36-15-22-3-2-4-26(32)30(22)34/h2-4,7-13,17,23,28H,14-16,18H2,1H3,(H,36,41)/t23-,28+/m1/s1. The van der Waals surface area contributed by atoms with Gasteiger partial charge in [-0.05, 0) is 43.3 Å². The molecule has 41 heavy (non-hydrogen) atoms. The third-order valence-electron chi connectivity index (χ3n) is 6.96. The molecule has 0 spiro atoms. The minimum absolute atomic E-state index is 0.0740. The Morgan fingerprint density at radius 2 is 1.85 bits per heavy atom. The quantitative estimate of drug-likeness (QED) is 0.268. The number of hydrogen-bond acceptors (Lipinski definition) is 4. The van der Waals surface area contributed by atoms with Crippen LogP contribution >= 0.6 is 11.6 Å². The van der Waals surface area contributed by atoms with Crippen molar-refractivity contribution >= 4 is 40.1 Å². The molecule has 1 fully saturated rings. The second kappa shape index (κ2) is 11.9. The van der Waals surface area contributed by atoms with Gasteiger partial charge in [0.1, 0.15) is 24.6 Å². The van der Waals surface area contributed by atoms with Crippen molar-refractivity contribution in [2.24, 2.45) is 0 Å². The summed E-state index contributed by atoms with van der Waals surface area (Å²) in [7, 11) is 0. The van der Waals surface area contributed by atoms with E-state index >= 15 is 0 Å². The van der Waals surface area contributed by atoms with Gasteiger partial charge < -0.3 is 14.8 Å². The number of nitrogens with one attached hydrogen (secondary N) is 1. The van der Waals surface area contributed by atoms with Crippen LogP contribution < -0.4 is 5.32 Å². The van der Waals surface area contributed by atoms with Crippen molar-refractivity contribution in [3.63, 3.8) is 0 Å². The van der Waals surface area contributed by atoms with Crippen LogP contribution in [0.5, 0.6) is 0 Å². The molecule has 0 unspecified atom stereocenters. The average Bonchev–Trinajstić information content (AvgIpc) is 3.53. The highest BCUT2D eigenvalue weighted by molar-refractivity contribution is 6.30. The first-order valence-corrected chi connectivity index (χ1v) is 13.3. The van der Waals surface area contributed by atoms with Crippen LogP contribution in [0.15, 0.2) is 67.1 Å². The Morgan fingerprint density at radius 3 is 2.61 bits per heavy atom. The molecule has 4 aromatic rings. The Balaban J connectivity index is 1.35. The molecule has 0 bridgehead atoms. The number of Topliss-reactive ketones (excluding diaryl/α,β-unsaturated/α-hetero) is 1. The number of carbonyl (C=O) groups excluding carboxylic acids is 3. The fourth-order valence-corrected chi connectivity index (χ4v) is 5.09. The zero-order chi connectivity index (χ0) is 29.1. The maximum atomic E-state index is 14.4. The van der Waals surface area contributed by atoms with Crippen LogP contribution in [0.3, 0.4) is 0 Å². The van der Waals surface area contributed by atoms with Crippen LogP contribution in [0.25, 0.3) is 10.9 Å². The SMILES string of the molecule is CC(=O)c1cn(CC(=O)N2C[C@H](F)C[C@H]2C(=O)NCc2cccc(Cl)c2F)c2ccc(C#Cc3ccncc3)cc12. The molecule has 2 atom stereocenters. The van der Waals surface area contributed by atoms with Gasteiger partial charge in [0.05, 0.1) is 11.6 Å². The van der Waals surface area contributed by atoms with Crippen LogP contribution in [-0.4, -0.2) is 50.8 Å². The lowest BCUT2D eigenvalue weighted by atomic mass is 10.1. The number of aromatic nitrogens is 2. The number of fused-ring (bicyclic) bond motifs is 1. The fourth-order valence-electron chi connectivity index (χ4n) is 4.90. The van der Waals surface area contributed by atoms with Crippen molar-refractivity contribution in [1.29, 1.82) is 0 Å². The van der Waals surface area contributed by atoms with Gasteiger partial charge in [-0.3, -0.25) is 19.4 Å². The number of rotatable bonds is 6. The highest BCUT2D eigenvalue weighted by Crippen LogP contribution is 2.26. The topological polar surface area (TPSA) is 84.3 Å². The van der Waals surface area contributed by atoms with Gasteiger partial charge in [-0.25, -0.2) is 8.78 Å². The Kier molecular flexibility index (Phi) is 8.13. The number of nitrogens with zero attached hydrogens (tertiary/aromatic N) is 3. The molecule has 2 aromatic heterocycles. The predicted octanol–water partition coefficient (Wildman–Crippen LogP) is 4.69. The lowest BCUT2D eigenvalue weighted by molar-refractivity contribution is -0.139. The maximum absolute atomic E-state index is 14.4. The van der Waals surface area contributed by atoms with E-state index in [2.05, 4.69) is 22.1 Å². The number of carbonyl (C=O) groups is 3. The average molecular weight is 575 g/mol. The molecule has 1 aliphatic heterocycles. The van der Waals surface area contributed by atoms with Crippen molar-refractivity contribution in [1.82, 2.24) is 19.8 Å². The van der Waals surface area contributed by atoms with Gasteiger partial charge in [0, 0.05) is 64.7 Å². The van der Waals surface area contributed by atoms with Gasteiger partial charge >= 0.3 is 0 Å². The van der Waals surface area contributed by atoms with E-state index in [4.69, 9.17) is 11.6 Å². The van der Waals surface area contributed by atoms with E-state index in [0.29, 0.717) is 22.0 Å². The van der Waals surface area contributed by atoms with E-state index in [0.717, 1.165) is 5.56 Å². The summed E-state index contributed by atoms with van der Waals surface area (Å²) in [6.07, 6.45) is 3.34. The summed E-state index contributed by atoms with van der Waals surface area (Å²) in [6.45, 7) is 0.839. The minimum Gasteiger partial charge on any atom is -0.350 e. The molecule has 10 heteroatoms. The van der Waals surface area contributed by atoms with Crippen LogP contribution in [-0.2, 0) is 22.7 Å². The van der Waals surface area contributed by atoms with Crippen molar-refractivity contribution in [2.75, 3.05) is 6.54 Å². The lowest BCUT2D eigenvalue weighted by Gasteiger charge is -2.24. The highest BCUT2D eigenvalue weighted by atomic mass is 35.5. The van der Waals surface area contributed by atoms with E-state index in [1.54, 1.807) is 59.6 Å². The van der Waals surface area contributed by atoms with Crippen molar-refractivity contribution < 1.29 is 23.2 Å². The second-order valence-corrected chi connectivity index (χ2v) is 10.2. The number of likely N-dealkylation sites (tertiary alicyclic amines) is 1. The number of halogens is 3. The summed E-state index contributed by atoms with van der Waals surface area (Å²) in [6, 6.07) is 12.3. The first-order chi connectivity index (χ1) is 19.7. The van der Waals surface area contributed by atoms with Gasteiger partial charge in [-0.2, -0.15) is 0 Å². The lowest BCUT2D eigenvalue weighted by Crippen LogP contribution is -2.46. The molecule has 2 amide bonds. The Hall–Kier alpha value is -4.55. The van der Waals surface area contributed by atoms with Gasteiger partial charge in [0.25, 0.3) is 0 Å². The first-order valence-electron chi connectivity index (χ1n) is 12.9. The van der Waals surface area contributed by atoms with E-state index in [1.807, 2.05) is 0 Å². The third-order valence-corrected chi connectivity index (χ3v) is 7.25. The van der Waals surface area contributed by atoms with Gasteiger partial charge in [-0.15, -0.1) is 0 Å². The predicted molar refractivity (Wildman–Crippen MR) is 150 cm³/mol. The molecule has 1 aliphatic rings. The zero-order valence-electron chi connectivity index (χ0n) is 22.0. The van der Waals surface area contributed by atoms with Crippen molar-refractivity contribution in [3.8, 4) is 11.8 Å². The molecule has 0 radical (unpaired) electrons. The molecule has 208 valence electrons. The number of pyridine rings is 1.